The van der Waals surface area contributed by atoms with Gasteiger partial charge in [-0.25, -0.2) is 12.8 Å². The highest BCUT2D eigenvalue weighted by atomic mass is 32.2. The second kappa shape index (κ2) is 8.95. The summed E-state index contributed by atoms with van der Waals surface area (Å²) in [5.74, 6) is -1.36. The van der Waals surface area contributed by atoms with Gasteiger partial charge in [0.25, 0.3) is 5.91 Å². The van der Waals surface area contributed by atoms with E-state index in [9.17, 15) is 17.6 Å². The van der Waals surface area contributed by atoms with Crippen molar-refractivity contribution in [2.75, 3.05) is 18.4 Å². The lowest BCUT2D eigenvalue weighted by Gasteiger charge is -2.16. The number of amides is 1. The van der Waals surface area contributed by atoms with E-state index in [2.05, 4.69) is 10.3 Å². The Bertz CT molecular complexity index is 1180. The number of anilines is 1. The number of sulfonamides is 1. The van der Waals surface area contributed by atoms with E-state index in [1.54, 1.807) is 24.5 Å². The molecule has 1 fully saturated rings. The van der Waals surface area contributed by atoms with Gasteiger partial charge in [0.1, 0.15) is 10.7 Å². The van der Waals surface area contributed by atoms with E-state index in [0.29, 0.717) is 18.8 Å². The molecule has 2 aromatic carbocycles. The lowest BCUT2D eigenvalue weighted by molar-refractivity contribution is 0.102. The van der Waals surface area contributed by atoms with Gasteiger partial charge >= 0.3 is 0 Å². The minimum Gasteiger partial charge on any atom is -0.322 e. The lowest BCUT2D eigenvalue weighted by Crippen LogP contribution is -2.29. The maximum atomic E-state index is 14.3. The molecule has 1 N–H and O–H groups in total. The number of benzene rings is 2. The Morgan fingerprint density at radius 1 is 0.968 bits per heavy atom. The van der Waals surface area contributed by atoms with Crippen LogP contribution >= 0.6 is 0 Å². The number of nitrogens with one attached hydrogen (secondary N) is 1. The molecule has 0 radical (unpaired) electrons. The van der Waals surface area contributed by atoms with Crippen molar-refractivity contribution in [1.82, 2.24) is 9.29 Å². The van der Waals surface area contributed by atoms with Crippen LogP contribution in [0.2, 0.25) is 0 Å². The maximum Gasteiger partial charge on any atom is 0.255 e. The van der Waals surface area contributed by atoms with Gasteiger partial charge in [0.15, 0.2) is 0 Å². The fraction of sp³-hybridized carbons (Fsp3) is 0.217. The smallest absolute Gasteiger partial charge is 0.255 e. The van der Waals surface area contributed by atoms with Crippen LogP contribution in [0.25, 0.3) is 0 Å². The molecule has 1 saturated heterocycles. The molecule has 8 heteroatoms. The molecule has 0 bridgehead atoms. The van der Waals surface area contributed by atoms with Crippen molar-refractivity contribution in [2.45, 2.75) is 24.2 Å². The molecule has 0 aliphatic carbocycles. The first-order valence-electron chi connectivity index (χ1n) is 10.0. The van der Waals surface area contributed by atoms with Crippen molar-refractivity contribution >= 4 is 21.6 Å². The average Bonchev–Trinajstić information content (AvgIpc) is 3.32. The predicted molar refractivity (Wildman–Crippen MR) is 116 cm³/mol. The van der Waals surface area contributed by atoms with Gasteiger partial charge in [-0.1, -0.05) is 12.1 Å². The van der Waals surface area contributed by atoms with Crippen LogP contribution in [0.3, 0.4) is 0 Å². The van der Waals surface area contributed by atoms with Crippen molar-refractivity contribution in [3.05, 3.63) is 89.5 Å². The molecule has 1 aliphatic heterocycles. The third-order valence-electron chi connectivity index (χ3n) is 5.25. The molecule has 0 unspecified atom stereocenters. The van der Waals surface area contributed by atoms with E-state index in [1.165, 1.54) is 10.4 Å². The van der Waals surface area contributed by atoms with Gasteiger partial charge in [-0.15, -0.1) is 0 Å². The second-order valence-electron chi connectivity index (χ2n) is 7.44. The van der Waals surface area contributed by atoms with E-state index in [4.69, 9.17) is 0 Å². The van der Waals surface area contributed by atoms with Crippen LogP contribution < -0.4 is 5.32 Å². The topological polar surface area (TPSA) is 79.4 Å². The van der Waals surface area contributed by atoms with Crippen LogP contribution in [-0.2, 0) is 16.4 Å². The highest BCUT2D eigenvalue weighted by Gasteiger charge is 2.30. The molecular formula is C23H22FN3O3S. The number of carbonyl (C=O) groups excluding carboxylic acids is 1. The summed E-state index contributed by atoms with van der Waals surface area (Å²) >= 11 is 0. The van der Waals surface area contributed by atoms with Gasteiger partial charge in [-0.2, -0.15) is 4.31 Å². The molecule has 2 heterocycles. The summed E-state index contributed by atoms with van der Waals surface area (Å²) in [6, 6.07) is 14.7. The third kappa shape index (κ3) is 4.81. The summed E-state index contributed by atoms with van der Waals surface area (Å²) in [6.07, 6.45) is 5.72. The fourth-order valence-corrected chi connectivity index (χ4v) is 5.16. The highest BCUT2D eigenvalue weighted by Crippen LogP contribution is 2.24. The molecule has 0 saturated carbocycles. The summed E-state index contributed by atoms with van der Waals surface area (Å²) in [6.45, 7) is 0.730. The molecule has 4 rings (SSSR count). The van der Waals surface area contributed by atoms with Crippen molar-refractivity contribution in [3.63, 3.8) is 0 Å². The quantitative estimate of drug-likeness (QED) is 0.633. The van der Waals surface area contributed by atoms with Crippen molar-refractivity contribution in [1.29, 1.82) is 0 Å². The number of hydrogen-bond donors (Lipinski definition) is 1. The zero-order chi connectivity index (χ0) is 21.8. The Balaban J connectivity index is 1.48. The highest BCUT2D eigenvalue weighted by molar-refractivity contribution is 7.89. The van der Waals surface area contributed by atoms with Crippen molar-refractivity contribution < 1.29 is 17.6 Å². The lowest BCUT2D eigenvalue weighted by atomic mass is 10.1. The van der Waals surface area contributed by atoms with E-state index in [1.807, 2.05) is 24.3 Å². The zero-order valence-electron chi connectivity index (χ0n) is 16.8. The molecule has 1 aliphatic rings. The Hall–Kier alpha value is -3.10. The van der Waals surface area contributed by atoms with Gasteiger partial charge in [0.2, 0.25) is 10.0 Å². The summed E-state index contributed by atoms with van der Waals surface area (Å²) in [7, 11) is -3.96. The van der Waals surface area contributed by atoms with Crippen LogP contribution in [0.1, 0.15) is 34.3 Å². The number of carbonyl (C=O) groups is 1. The number of aromatic nitrogens is 1. The number of pyridine rings is 1. The molecule has 6 nitrogen and oxygen atoms in total. The second-order valence-corrected chi connectivity index (χ2v) is 9.35. The van der Waals surface area contributed by atoms with Crippen LogP contribution in [-0.4, -0.2) is 36.7 Å². The normalized spacial score (nSPS) is 14.5. The summed E-state index contributed by atoms with van der Waals surface area (Å²) in [5, 5.41) is 2.74. The van der Waals surface area contributed by atoms with Gasteiger partial charge in [0.05, 0.1) is 0 Å². The SMILES string of the molecule is O=C(Nc1ccc(Cc2ccncc2)cc1)c1ccc(F)c(S(=O)(=O)N2CCCC2)c1. The van der Waals surface area contributed by atoms with E-state index in [-0.39, 0.29) is 5.56 Å². The first-order chi connectivity index (χ1) is 14.9. The van der Waals surface area contributed by atoms with Gasteiger partial charge < -0.3 is 5.32 Å². The fourth-order valence-electron chi connectivity index (χ4n) is 3.56. The summed E-state index contributed by atoms with van der Waals surface area (Å²) in [5.41, 5.74) is 2.85. The van der Waals surface area contributed by atoms with Crippen LogP contribution in [0.4, 0.5) is 10.1 Å². The van der Waals surface area contributed by atoms with Crippen LogP contribution in [0.5, 0.6) is 0 Å². The molecule has 0 atom stereocenters. The molecule has 0 spiro atoms. The largest absolute Gasteiger partial charge is 0.322 e. The van der Waals surface area contributed by atoms with E-state index in [0.717, 1.165) is 42.5 Å². The van der Waals surface area contributed by atoms with Gasteiger partial charge in [-0.3, -0.25) is 9.78 Å². The number of rotatable bonds is 6. The first kappa shape index (κ1) is 21.1. The standard InChI is InChI=1S/C23H22FN3O3S/c24-21-8-5-19(16-22(21)31(29,30)27-13-1-2-14-27)23(28)26-20-6-3-17(4-7-20)15-18-9-11-25-12-10-18/h3-12,16H,1-2,13-15H2,(H,26,28). The summed E-state index contributed by atoms with van der Waals surface area (Å²) in [4.78, 5) is 16.2. The minimum atomic E-state index is -3.96. The Labute approximate surface area is 180 Å². The molecule has 160 valence electrons. The maximum absolute atomic E-state index is 14.3. The van der Waals surface area contributed by atoms with Crippen LogP contribution in [0, 0.1) is 5.82 Å². The van der Waals surface area contributed by atoms with E-state index >= 15 is 0 Å². The Morgan fingerprint density at radius 3 is 2.29 bits per heavy atom. The van der Waals surface area contributed by atoms with E-state index < -0.39 is 26.6 Å². The van der Waals surface area contributed by atoms with Crippen LogP contribution in [0.15, 0.2) is 71.9 Å². The molecule has 1 amide bonds. The number of halogens is 1. The van der Waals surface area contributed by atoms with Crippen molar-refractivity contribution in [2.24, 2.45) is 0 Å². The zero-order valence-corrected chi connectivity index (χ0v) is 17.6. The average molecular weight is 440 g/mol. The number of hydrogen-bond acceptors (Lipinski definition) is 4. The molecule has 1 aromatic heterocycles. The van der Waals surface area contributed by atoms with Gasteiger partial charge in [0, 0.05) is 36.7 Å². The number of nitrogens with zero attached hydrogens (tertiary/aromatic N) is 2. The molecule has 3 aromatic rings. The summed E-state index contributed by atoms with van der Waals surface area (Å²) < 4.78 is 41.0. The van der Waals surface area contributed by atoms with Gasteiger partial charge in [-0.05, 0) is 72.9 Å². The Morgan fingerprint density at radius 2 is 1.61 bits per heavy atom. The minimum absolute atomic E-state index is 0.0834. The predicted octanol–water partition coefficient (Wildman–Crippen LogP) is 3.85. The van der Waals surface area contributed by atoms with Crippen molar-refractivity contribution in [3.8, 4) is 0 Å². The molecule has 31 heavy (non-hydrogen) atoms. The Kier molecular flexibility index (Phi) is 6.11. The third-order valence-corrected chi connectivity index (χ3v) is 7.16. The first-order valence-corrected chi connectivity index (χ1v) is 11.5. The molecular weight excluding hydrogens is 417 g/mol. The monoisotopic (exact) mass is 439 g/mol.